The Hall–Kier alpha value is -0.340. The number of ether oxygens (including phenoxy) is 1. The molecule has 0 aromatic rings. The van der Waals surface area contributed by atoms with Gasteiger partial charge in [0.05, 0.1) is 12.7 Å². The summed E-state index contributed by atoms with van der Waals surface area (Å²) in [5.41, 5.74) is 3.01. The molecule has 0 unspecified atom stereocenters. The summed E-state index contributed by atoms with van der Waals surface area (Å²) in [7, 11) is 0. The molecule has 0 spiro atoms. The van der Waals surface area contributed by atoms with Crippen molar-refractivity contribution in [2.45, 2.75) is 19.4 Å². The Morgan fingerprint density at radius 2 is 2.50 bits per heavy atom. The van der Waals surface area contributed by atoms with Crippen LogP contribution < -0.4 is 5.32 Å². The second-order valence-electron chi connectivity index (χ2n) is 3.15. The van der Waals surface area contributed by atoms with Gasteiger partial charge in [0.2, 0.25) is 0 Å². The van der Waals surface area contributed by atoms with E-state index in [0.717, 1.165) is 26.1 Å². The number of hydrogen-bond donors (Lipinski definition) is 1. The van der Waals surface area contributed by atoms with Gasteiger partial charge in [0, 0.05) is 13.1 Å². The van der Waals surface area contributed by atoms with Gasteiger partial charge in [-0.25, -0.2) is 0 Å². The van der Waals surface area contributed by atoms with Crippen molar-refractivity contribution in [2.75, 3.05) is 19.7 Å². The first-order valence-electron chi connectivity index (χ1n) is 3.86. The summed E-state index contributed by atoms with van der Waals surface area (Å²) in [5.74, 6) is 0. The Kier molecular flexibility index (Phi) is 1.51. The number of fused-ring (bicyclic) bond motifs is 4. The van der Waals surface area contributed by atoms with E-state index >= 15 is 0 Å². The van der Waals surface area contributed by atoms with Crippen LogP contribution in [-0.4, -0.2) is 25.8 Å². The molecule has 0 amide bonds. The van der Waals surface area contributed by atoms with Crippen molar-refractivity contribution < 1.29 is 4.74 Å². The molecule has 0 radical (unpaired) electrons. The molecule has 10 heavy (non-hydrogen) atoms. The molecule has 2 heteroatoms. The topological polar surface area (TPSA) is 21.3 Å². The molecule has 1 saturated heterocycles. The first kappa shape index (κ1) is 6.38. The SMILES string of the molecule is CC1=C2CNC[C@@H](C1)OC2. The maximum atomic E-state index is 5.55. The van der Waals surface area contributed by atoms with E-state index in [1.807, 2.05) is 0 Å². The molecule has 2 bridgehead atoms. The summed E-state index contributed by atoms with van der Waals surface area (Å²) in [5, 5.41) is 3.36. The molecule has 1 atom stereocenters. The Labute approximate surface area is 61.3 Å². The minimum Gasteiger partial charge on any atom is -0.372 e. The minimum atomic E-state index is 0.450. The Morgan fingerprint density at radius 3 is 3.30 bits per heavy atom. The van der Waals surface area contributed by atoms with E-state index in [1.54, 1.807) is 5.57 Å². The molecule has 0 saturated carbocycles. The van der Waals surface area contributed by atoms with Crippen LogP contribution in [0.5, 0.6) is 0 Å². The zero-order valence-electron chi connectivity index (χ0n) is 6.31. The van der Waals surface area contributed by atoms with E-state index in [-0.39, 0.29) is 0 Å². The average molecular weight is 139 g/mol. The second-order valence-corrected chi connectivity index (χ2v) is 3.15. The van der Waals surface area contributed by atoms with Crippen LogP contribution in [0.4, 0.5) is 0 Å². The average Bonchev–Trinajstić information content (AvgIpc) is 2.20. The summed E-state index contributed by atoms with van der Waals surface area (Å²) < 4.78 is 5.55. The highest BCUT2D eigenvalue weighted by molar-refractivity contribution is 5.19. The lowest BCUT2D eigenvalue weighted by molar-refractivity contribution is 0.0699. The van der Waals surface area contributed by atoms with Gasteiger partial charge in [-0.05, 0) is 18.9 Å². The highest BCUT2D eigenvalue weighted by atomic mass is 16.5. The van der Waals surface area contributed by atoms with Crippen molar-refractivity contribution >= 4 is 0 Å². The van der Waals surface area contributed by atoms with Crippen LogP contribution in [0.2, 0.25) is 0 Å². The van der Waals surface area contributed by atoms with Gasteiger partial charge >= 0.3 is 0 Å². The normalized spacial score (nSPS) is 32.7. The lowest BCUT2D eigenvalue weighted by atomic mass is 10.0. The van der Waals surface area contributed by atoms with Crippen molar-refractivity contribution in [1.29, 1.82) is 0 Å². The van der Waals surface area contributed by atoms with Crippen LogP contribution in [0.15, 0.2) is 11.1 Å². The van der Waals surface area contributed by atoms with Crippen LogP contribution in [0.1, 0.15) is 13.3 Å². The van der Waals surface area contributed by atoms with Gasteiger partial charge in [0.15, 0.2) is 0 Å². The summed E-state index contributed by atoms with van der Waals surface area (Å²) in [6.45, 7) is 5.16. The molecule has 3 heterocycles. The van der Waals surface area contributed by atoms with Gasteiger partial charge < -0.3 is 10.1 Å². The van der Waals surface area contributed by atoms with Crippen molar-refractivity contribution in [1.82, 2.24) is 5.32 Å². The van der Waals surface area contributed by atoms with Crippen molar-refractivity contribution in [2.24, 2.45) is 0 Å². The largest absolute Gasteiger partial charge is 0.372 e. The molecule has 3 aliphatic rings. The molecule has 2 nitrogen and oxygen atoms in total. The maximum Gasteiger partial charge on any atom is 0.0740 e. The predicted octanol–water partition coefficient (Wildman–Crippen LogP) is 0.695. The fourth-order valence-electron chi connectivity index (χ4n) is 1.60. The molecule has 3 aliphatic heterocycles. The van der Waals surface area contributed by atoms with Crippen molar-refractivity contribution in [3.05, 3.63) is 11.1 Å². The highest BCUT2D eigenvalue weighted by Gasteiger charge is 2.21. The van der Waals surface area contributed by atoms with Gasteiger partial charge in [-0.15, -0.1) is 0 Å². The fraction of sp³-hybridized carbons (Fsp3) is 0.750. The molecule has 0 aromatic carbocycles. The Bertz CT molecular complexity index is 170. The number of hydrogen-bond acceptors (Lipinski definition) is 2. The van der Waals surface area contributed by atoms with Gasteiger partial charge in [-0.1, -0.05) is 5.57 Å². The van der Waals surface area contributed by atoms with E-state index in [2.05, 4.69) is 12.2 Å². The molecule has 3 rings (SSSR count). The molecule has 0 aliphatic carbocycles. The Morgan fingerprint density at radius 1 is 1.60 bits per heavy atom. The van der Waals surface area contributed by atoms with Crippen LogP contribution >= 0.6 is 0 Å². The van der Waals surface area contributed by atoms with Crippen molar-refractivity contribution in [3.8, 4) is 0 Å². The van der Waals surface area contributed by atoms with Gasteiger partial charge in [0.25, 0.3) is 0 Å². The van der Waals surface area contributed by atoms with E-state index in [1.165, 1.54) is 5.57 Å². The summed E-state index contributed by atoms with van der Waals surface area (Å²) in [6, 6.07) is 0. The summed E-state index contributed by atoms with van der Waals surface area (Å²) >= 11 is 0. The van der Waals surface area contributed by atoms with Crippen LogP contribution in [0, 0.1) is 0 Å². The maximum absolute atomic E-state index is 5.55. The lowest BCUT2D eigenvalue weighted by Gasteiger charge is -2.20. The zero-order chi connectivity index (χ0) is 6.97. The summed E-state index contributed by atoms with van der Waals surface area (Å²) in [4.78, 5) is 0. The lowest BCUT2D eigenvalue weighted by Crippen LogP contribution is -2.25. The van der Waals surface area contributed by atoms with Crippen LogP contribution in [-0.2, 0) is 4.74 Å². The second kappa shape index (κ2) is 2.36. The van der Waals surface area contributed by atoms with Gasteiger partial charge in [-0.2, -0.15) is 0 Å². The number of nitrogens with one attached hydrogen (secondary N) is 1. The van der Waals surface area contributed by atoms with E-state index in [9.17, 15) is 0 Å². The van der Waals surface area contributed by atoms with Crippen LogP contribution in [0.3, 0.4) is 0 Å². The first-order chi connectivity index (χ1) is 4.86. The fourth-order valence-corrected chi connectivity index (χ4v) is 1.60. The first-order valence-corrected chi connectivity index (χ1v) is 3.86. The van der Waals surface area contributed by atoms with E-state index in [4.69, 9.17) is 4.74 Å². The third-order valence-corrected chi connectivity index (χ3v) is 2.34. The molecule has 0 aromatic heterocycles. The van der Waals surface area contributed by atoms with E-state index in [0.29, 0.717) is 6.10 Å². The minimum absolute atomic E-state index is 0.450. The zero-order valence-corrected chi connectivity index (χ0v) is 6.31. The monoisotopic (exact) mass is 139 g/mol. The third kappa shape index (κ3) is 0.976. The van der Waals surface area contributed by atoms with Crippen LogP contribution in [0.25, 0.3) is 0 Å². The summed E-state index contributed by atoms with van der Waals surface area (Å²) in [6.07, 6.45) is 1.59. The van der Waals surface area contributed by atoms with Gasteiger partial charge in [0.1, 0.15) is 0 Å². The van der Waals surface area contributed by atoms with Crippen molar-refractivity contribution in [3.63, 3.8) is 0 Å². The highest BCUT2D eigenvalue weighted by Crippen LogP contribution is 2.21. The predicted molar refractivity (Wildman–Crippen MR) is 39.9 cm³/mol. The molecular formula is C8H13NO. The standard InChI is InChI=1S/C8H13NO/c1-6-2-8-4-9-3-7(6)5-10-8/h8-9H,2-5H2,1H3/t8-/m1/s1. The molecule has 1 N–H and O–H groups in total. The quantitative estimate of drug-likeness (QED) is 0.499. The molecule has 1 fully saturated rings. The smallest absolute Gasteiger partial charge is 0.0740 e. The molecule has 56 valence electrons. The third-order valence-electron chi connectivity index (χ3n) is 2.34. The van der Waals surface area contributed by atoms with Gasteiger partial charge in [-0.3, -0.25) is 0 Å². The molecular weight excluding hydrogens is 126 g/mol. The number of rotatable bonds is 0. The Balaban J connectivity index is 2.24. The van der Waals surface area contributed by atoms with E-state index < -0.39 is 0 Å².